The van der Waals surface area contributed by atoms with Crippen molar-refractivity contribution in [1.82, 2.24) is 0 Å². The fraction of sp³-hybridized carbons (Fsp3) is 0.0714. The minimum Gasteiger partial charge on any atom is -0.480 e. The number of ether oxygens (including phenoxy) is 1. The first-order chi connectivity index (χ1) is 9.53. The maximum absolute atomic E-state index is 12.2. The first-order valence-electron chi connectivity index (χ1n) is 5.73. The van der Waals surface area contributed by atoms with Gasteiger partial charge in [0.15, 0.2) is 0 Å². The average Bonchev–Trinajstić information content (AvgIpc) is 2.46. The smallest absolute Gasteiger partial charge is 0.285 e. The van der Waals surface area contributed by atoms with Gasteiger partial charge in [0.1, 0.15) is 0 Å². The van der Waals surface area contributed by atoms with Gasteiger partial charge in [-0.15, -0.1) is 4.40 Å². The molecule has 4 nitrogen and oxygen atoms in total. The van der Waals surface area contributed by atoms with Gasteiger partial charge in [0, 0.05) is 10.6 Å². The van der Waals surface area contributed by atoms with Gasteiger partial charge in [-0.3, -0.25) is 0 Å². The molecule has 6 heteroatoms. The van der Waals surface area contributed by atoms with Gasteiger partial charge in [-0.1, -0.05) is 29.8 Å². The molecular weight excluding hydrogens is 298 g/mol. The molecule has 0 saturated heterocycles. The summed E-state index contributed by atoms with van der Waals surface area (Å²) in [5.41, 5.74) is 0.590. The highest BCUT2D eigenvalue weighted by Crippen LogP contribution is 2.17. The van der Waals surface area contributed by atoms with E-state index < -0.39 is 10.0 Å². The second-order valence-electron chi connectivity index (χ2n) is 3.90. The minimum absolute atomic E-state index is 0.0422. The summed E-state index contributed by atoms with van der Waals surface area (Å²) in [6.45, 7) is 0. The maximum atomic E-state index is 12.2. The molecular formula is C14H12ClNO3S. The normalized spacial score (nSPS) is 12.2. The molecule has 0 heterocycles. The molecule has 0 N–H and O–H groups in total. The fourth-order valence-electron chi connectivity index (χ4n) is 1.56. The van der Waals surface area contributed by atoms with Crippen LogP contribution in [0.5, 0.6) is 0 Å². The van der Waals surface area contributed by atoms with E-state index >= 15 is 0 Å². The lowest BCUT2D eigenvalue weighted by atomic mass is 10.2. The predicted octanol–water partition coefficient (Wildman–Crippen LogP) is 3.12. The van der Waals surface area contributed by atoms with E-state index in [0.717, 1.165) is 0 Å². The number of methoxy groups -OCH3 is 1. The van der Waals surface area contributed by atoms with Crippen molar-refractivity contribution in [3.63, 3.8) is 0 Å². The Morgan fingerprint density at radius 3 is 2.20 bits per heavy atom. The number of benzene rings is 2. The van der Waals surface area contributed by atoms with E-state index in [1.165, 1.54) is 31.4 Å². The molecule has 0 unspecified atom stereocenters. The average molecular weight is 310 g/mol. The molecule has 2 aromatic rings. The van der Waals surface area contributed by atoms with Crippen molar-refractivity contribution in [1.29, 1.82) is 0 Å². The molecule has 0 amide bonds. The third-order valence-corrected chi connectivity index (χ3v) is 4.05. The molecule has 0 radical (unpaired) electrons. The van der Waals surface area contributed by atoms with E-state index in [9.17, 15) is 8.42 Å². The topological polar surface area (TPSA) is 55.7 Å². The van der Waals surface area contributed by atoms with Gasteiger partial charge in [-0.05, 0) is 36.4 Å². The molecule has 0 atom stereocenters. The Morgan fingerprint density at radius 2 is 1.65 bits per heavy atom. The number of hydrogen-bond acceptors (Lipinski definition) is 3. The highest BCUT2D eigenvalue weighted by atomic mass is 35.5. The van der Waals surface area contributed by atoms with Crippen LogP contribution in [0, 0.1) is 0 Å². The van der Waals surface area contributed by atoms with Gasteiger partial charge in [-0.25, -0.2) is 0 Å². The summed E-state index contributed by atoms with van der Waals surface area (Å²) in [7, 11) is -2.45. The first-order valence-corrected chi connectivity index (χ1v) is 7.55. The van der Waals surface area contributed by atoms with Gasteiger partial charge in [-0.2, -0.15) is 8.42 Å². The molecule has 0 aliphatic carbocycles. The summed E-state index contributed by atoms with van der Waals surface area (Å²) in [5, 5.41) is 0.461. The van der Waals surface area contributed by atoms with Crippen LogP contribution in [-0.2, 0) is 14.8 Å². The second kappa shape index (κ2) is 6.07. The van der Waals surface area contributed by atoms with Crippen LogP contribution in [0.2, 0.25) is 5.02 Å². The van der Waals surface area contributed by atoms with Gasteiger partial charge in [0.2, 0.25) is 5.90 Å². The standard InChI is InChI=1S/C14H12ClNO3S/c1-19-14(11-5-3-2-4-6-11)16-20(17,18)13-9-7-12(15)8-10-13/h2-10H,1H3/b16-14-. The summed E-state index contributed by atoms with van der Waals surface area (Å²) in [4.78, 5) is 0.0624. The predicted molar refractivity (Wildman–Crippen MR) is 78.6 cm³/mol. The number of sulfonamides is 1. The van der Waals surface area contributed by atoms with Gasteiger partial charge in [0.25, 0.3) is 10.0 Å². The molecule has 0 fully saturated rings. The molecule has 104 valence electrons. The van der Waals surface area contributed by atoms with Crippen LogP contribution in [0.1, 0.15) is 5.56 Å². The first kappa shape index (κ1) is 14.6. The lowest BCUT2D eigenvalue weighted by Gasteiger charge is -2.05. The van der Waals surface area contributed by atoms with Crippen LogP contribution in [0.3, 0.4) is 0 Å². The van der Waals surface area contributed by atoms with Gasteiger partial charge in [0.05, 0.1) is 12.0 Å². The molecule has 2 aromatic carbocycles. The quantitative estimate of drug-likeness (QED) is 0.646. The zero-order valence-electron chi connectivity index (χ0n) is 10.7. The molecule has 0 spiro atoms. The highest BCUT2D eigenvalue weighted by molar-refractivity contribution is 7.90. The van der Waals surface area contributed by atoms with Crippen molar-refractivity contribution in [2.45, 2.75) is 4.90 Å². The largest absolute Gasteiger partial charge is 0.480 e. The van der Waals surface area contributed by atoms with Crippen LogP contribution < -0.4 is 0 Å². The Kier molecular flexibility index (Phi) is 4.42. The Balaban J connectivity index is 2.43. The summed E-state index contributed by atoms with van der Waals surface area (Å²) in [5.74, 6) is 0.0422. The Labute approximate surface area is 122 Å². The Morgan fingerprint density at radius 1 is 1.05 bits per heavy atom. The van der Waals surface area contributed by atoms with Crippen molar-refractivity contribution in [3.8, 4) is 0 Å². The highest BCUT2D eigenvalue weighted by Gasteiger charge is 2.15. The zero-order valence-corrected chi connectivity index (χ0v) is 12.2. The third-order valence-electron chi connectivity index (χ3n) is 2.53. The van der Waals surface area contributed by atoms with Crippen LogP contribution in [0.4, 0.5) is 0 Å². The number of rotatable bonds is 3. The molecule has 0 saturated carbocycles. The SMILES string of the molecule is CO/C(=N\S(=O)(=O)c1ccc(Cl)cc1)c1ccccc1. The zero-order chi connectivity index (χ0) is 14.6. The van der Waals surface area contributed by atoms with E-state index in [1.807, 2.05) is 6.07 Å². The van der Waals surface area contributed by atoms with Gasteiger partial charge >= 0.3 is 0 Å². The molecule has 20 heavy (non-hydrogen) atoms. The molecule has 0 aliphatic rings. The van der Waals surface area contributed by atoms with E-state index in [-0.39, 0.29) is 10.8 Å². The molecule has 0 aromatic heterocycles. The van der Waals surface area contributed by atoms with E-state index in [2.05, 4.69) is 4.40 Å². The Bertz CT molecular complexity index is 710. The van der Waals surface area contributed by atoms with Crippen molar-refractivity contribution in [3.05, 3.63) is 65.2 Å². The monoisotopic (exact) mass is 309 g/mol. The van der Waals surface area contributed by atoms with Crippen molar-refractivity contribution in [2.24, 2.45) is 4.40 Å². The lowest BCUT2D eigenvalue weighted by molar-refractivity contribution is 0.405. The summed E-state index contributed by atoms with van der Waals surface area (Å²) in [6.07, 6.45) is 0. The summed E-state index contributed by atoms with van der Waals surface area (Å²) >= 11 is 5.74. The van der Waals surface area contributed by atoms with E-state index in [0.29, 0.717) is 10.6 Å². The lowest BCUT2D eigenvalue weighted by Crippen LogP contribution is -2.08. The minimum atomic E-state index is -3.83. The molecule has 2 rings (SSSR count). The number of nitrogens with zero attached hydrogens (tertiary/aromatic N) is 1. The van der Waals surface area contributed by atoms with Gasteiger partial charge < -0.3 is 4.74 Å². The van der Waals surface area contributed by atoms with Crippen molar-refractivity contribution >= 4 is 27.5 Å². The summed E-state index contributed by atoms with van der Waals surface area (Å²) in [6, 6.07) is 14.6. The van der Waals surface area contributed by atoms with Crippen molar-refractivity contribution < 1.29 is 13.2 Å². The number of hydrogen-bond donors (Lipinski definition) is 0. The Hall–Kier alpha value is -1.85. The number of halogens is 1. The van der Waals surface area contributed by atoms with Crippen LogP contribution in [-0.4, -0.2) is 21.4 Å². The van der Waals surface area contributed by atoms with Crippen molar-refractivity contribution in [2.75, 3.05) is 7.11 Å². The molecule has 0 bridgehead atoms. The third kappa shape index (κ3) is 3.37. The summed E-state index contributed by atoms with van der Waals surface area (Å²) < 4.78 is 33.1. The maximum Gasteiger partial charge on any atom is 0.285 e. The van der Waals surface area contributed by atoms with Crippen LogP contribution in [0.15, 0.2) is 63.9 Å². The van der Waals surface area contributed by atoms with E-state index in [1.54, 1.807) is 24.3 Å². The second-order valence-corrected chi connectivity index (χ2v) is 5.94. The van der Waals surface area contributed by atoms with Crippen LogP contribution >= 0.6 is 11.6 Å². The van der Waals surface area contributed by atoms with Crippen LogP contribution in [0.25, 0.3) is 0 Å². The fourth-order valence-corrected chi connectivity index (χ4v) is 2.67. The van der Waals surface area contributed by atoms with E-state index in [4.69, 9.17) is 16.3 Å². The molecule has 0 aliphatic heterocycles.